The number of tetrazole rings is 1. The summed E-state index contributed by atoms with van der Waals surface area (Å²) >= 11 is 0. The van der Waals surface area contributed by atoms with Crippen LogP contribution in [0.3, 0.4) is 0 Å². The first-order valence-electron chi connectivity index (χ1n) is 6.32. The number of hydrogen-bond donors (Lipinski definition) is 1. The summed E-state index contributed by atoms with van der Waals surface area (Å²) in [4.78, 5) is 5.78. The molecule has 1 aromatic carbocycles. The van der Waals surface area contributed by atoms with E-state index in [2.05, 4.69) is 25.7 Å². The zero-order valence-corrected chi connectivity index (χ0v) is 11.1. The van der Waals surface area contributed by atoms with Crippen LogP contribution in [0.4, 0.5) is 0 Å². The quantitative estimate of drug-likeness (QED) is 0.774. The van der Waals surface area contributed by atoms with Gasteiger partial charge in [0.1, 0.15) is 0 Å². The van der Waals surface area contributed by atoms with Crippen LogP contribution < -0.4 is 5.32 Å². The van der Waals surface area contributed by atoms with Crippen LogP contribution >= 0.6 is 0 Å². The molecule has 0 aliphatic rings. The van der Waals surface area contributed by atoms with Gasteiger partial charge in [-0.15, -0.1) is 15.0 Å². The highest BCUT2D eigenvalue weighted by molar-refractivity contribution is 5.53. The van der Waals surface area contributed by atoms with E-state index in [1.807, 2.05) is 49.5 Å². The molecule has 0 saturated heterocycles. The van der Waals surface area contributed by atoms with Crippen LogP contribution in [-0.2, 0) is 6.54 Å². The highest BCUT2D eigenvalue weighted by Gasteiger charge is 2.07. The molecule has 3 rings (SSSR count). The molecule has 0 bridgehead atoms. The molecular formula is C14H14N6. The second-order valence-electron chi connectivity index (χ2n) is 4.30. The summed E-state index contributed by atoms with van der Waals surface area (Å²) < 4.78 is 0. The molecule has 0 saturated carbocycles. The third-order valence-electron chi connectivity index (χ3n) is 2.83. The number of benzene rings is 1. The monoisotopic (exact) mass is 266 g/mol. The van der Waals surface area contributed by atoms with Crippen molar-refractivity contribution >= 4 is 0 Å². The van der Waals surface area contributed by atoms with Crippen molar-refractivity contribution in [2.45, 2.75) is 6.54 Å². The average molecular weight is 266 g/mol. The van der Waals surface area contributed by atoms with E-state index in [0.29, 0.717) is 12.4 Å². The maximum absolute atomic E-state index is 4.40. The zero-order chi connectivity index (χ0) is 13.8. The van der Waals surface area contributed by atoms with Gasteiger partial charge in [-0.05, 0) is 24.4 Å². The predicted molar refractivity (Wildman–Crippen MR) is 75.1 cm³/mol. The minimum Gasteiger partial charge on any atom is -0.314 e. The van der Waals surface area contributed by atoms with Gasteiger partial charge in [-0.2, -0.15) is 0 Å². The number of pyridine rings is 1. The van der Waals surface area contributed by atoms with E-state index < -0.39 is 0 Å². The lowest BCUT2D eigenvalue weighted by Crippen LogP contribution is -2.08. The lowest BCUT2D eigenvalue weighted by molar-refractivity contribution is 0.712. The van der Waals surface area contributed by atoms with E-state index in [9.17, 15) is 0 Å². The third-order valence-corrected chi connectivity index (χ3v) is 2.83. The first-order chi connectivity index (χ1) is 9.86. The van der Waals surface area contributed by atoms with Crippen molar-refractivity contribution in [2.24, 2.45) is 0 Å². The molecule has 6 heteroatoms. The van der Waals surface area contributed by atoms with Crippen LogP contribution in [0.25, 0.3) is 17.1 Å². The predicted octanol–water partition coefficient (Wildman–Crippen LogP) is 1.44. The van der Waals surface area contributed by atoms with E-state index in [-0.39, 0.29) is 0 Å². The lowest BCUT2D eigenvalue weighted by Gasteiger charge is -2.02. The van der Waals surface area contributed by atoms with Gasteiger partial charge in [0, 0.05) is 18.3 Å². The molecule has 2 aromatic heterocycles. The molecule has 0 fully saturated rings. The Kier molecular flexibility index (Phi) is 3.47. The smallest absolute Gasteiger partial charge is 0.205 e. The summed E-state index contributed by atoms with van der Waals surface area (Å²) in [5, 5.41) is 15.6. The summed E-state index contributed by atoms with van der Waals surface area (Å²) in [7, 11) is 1.88. The molecule has 6 nitrogen and oxygen atoms in total. The summed E-state index contributed by atoms with van der Waals surface area (Å²) in [6.45, 7) is 0.702. The number of rotatable bonds is 4. The van der Waals surface area contributed by atoms with E-state index >= 15 is 0 Å². The number of aromatic nitrogens is 5. The van der Waals surface area contributed by atoms with Crippen LogP contribution in [0.15, 0.2) is 48.7 Å². The van der Waals surface area contributed by atoms with Crippen molar-refractivity contribution in [1.82, 2.24) is 30.5 Å². The normalized spacial score (nSPS) is 10.7. The molecule has 0 radical (unpaired) electrons. The molecule has 20 heavy (non-hydrogen) atoms. The Morgan fingerprint density at radius 3 is 2.80 bits per heavy atom. The Balaban J connectivity index is 1.92. The van der Waals surface area contributed by atoms with Gasteiger partial charge in [0.05, 0.1) is 11.4 Å². The summed E-state index contributed by atoms with van der Waals surface area (Å²) in [6.07, 6.45) is 1.74. The molecule has 0 spiro atoms. The molecule has 0 unspecified atom stereocenters. The van der Waals surface area contributed by atoms with E-state index in [1.165, 1.54) is 4.80 Å². The molecule has 0 atom stereocenters. The lowest BCUT2D eigenvalue weighted by atomic mass is 10.2. The first kappa shape index (κ1) is 12.4. The summed E-state index contributed by atoms with van der Waals surface area (Å²) in [6, 6.07) is 13.6. The fourth-order valence-electron chi connectivity index (χ4n) is 1.89. The molecule has 0 amide bonds. The Hall–Kier alpha value is -2.60. The summed E-state index contributed by atoms with van der Waals surface area (Å²) in [5.41, 5.74) is 2.73. The van der Waals surface area contributed by atoms with Gasteiger partial charge in [-0.1, -0.05) is 30.3 Å². The van der Waals surface area contributed by atoms with Gasteiger partial charge in [0.15, 0.2) is 0 Å². The largest absolute Gasteiger partial charge is 0.314 e. The van der Waals surface area contributed by atoms with Gasteiger partial charge >= 0.3 is 0 Å². The van der Waals surface area contributed by atoms with E-state index in [1.54, 1.807) is 6.20 Å². The number of nitrogens with zero attached hydrogens (tertiary/aromatic N) is 5. The second kappa shape index (κ2) is 5.58. The maximum Gasteiger partial charge on any atom is 0.205 e. The number of hydrogen-bond acceptors (Lipinski definition) is 5. The average Bonchev–Trinajstić information content (AvgIpc) is 2.99. The maximum atomic E-state index is 4.40. The van der Waals surface area contributed by atoms with Crippen LogP contribution in [-0.4, -0.2) is 32.2 Å². The molecular weight excluding hydrogens is 252 g/mol. The van der Waals surface area contributed by atoms with Crippen molar-refractivity contribution in [2.75, 3.05) is 7.05 Å². The van der Waals surface area contributed by atoms with Gasteiger partial charge in [0.2, 0.25) is 5.82 Å². The summed E-state index contributed by atoms with van der Waals surface area (Å²) in [5.74, 6) is 0.609. The van der Waals surface area contributed by atoms with Crippen molar-refractivity contribution in [1.29, 1.82) is 0 Å². The second-order valence-corrected chi connectivity index (χ2v) is 4.30. The highest BCUT2D eigenvalue weighted by Crippen LogP contribution is 2.13. The van der Waals surface area contributed by atoms with Crippen LogP contribution in [0.2, 0.25) is 0 Å². The van der Waals surface area contributed by atoms with Crippen molar-refractivity contribution in [3.05, 3.63) is 54.4 Å². The Morgan fingerprint density at radius 1 is 1.15 bits per heavy atom. The Labute approximate surface area is 116 Å². The fourth-order valence-corrected chi connectivity index (χ4v) is 1.89. The topological polar surface area (TPSA) is 68.5 Å². The van der Waals surface area contributed by atoms with Crippen molar-refractivity contribution in [3.8, 4) is 17.1 Å². The van der Waals surface area contributed by atoms with Gasteiger partial charge in [-0.25, -0.2) is 0 Å². The van der Waals surface area contributed by atoms with Crippen LogP contribution in [0.1, 0.15) is 5.69 Å². The molecule has 1 N–H and O–H groups in total. The SMILES string of the molecule is CNCc1cc(-n2nnc(-c3ccccc3)n2)ccn1. The van der Waals surface area contributed by atoms with E-state index in [0.717, 1.165) is 16.9 Å². The molecule has 3 aromatic rings. The minimum absolute atomic E-state index is 0.609. The third kappa shape index (κ3) is 2.55. The Bertz CT molecular complexity index is 692. The zero-order valence-electron chi connectivity index (χ0n) is 11.1. The first-order valence-corrected chi connectivity index (χ1v) is 6.32. The van der Waals surface area contributed by atoms with Crippen molar-refractivity contribution in [3.63, 3.8) is 0 Å². The van der Waals surface area contributed by atoms with Crippen molar-refractivity contribution < 1.29 is 0 Å². The standard InChI is InChI=1S/C14H14N6/c1-15-10-12-9-13(7-8-16-12)20-18-14(17-19-20)11-5-3-2-4-6-11/h2-9,15H,10H2,1H3. The van der Waals surface area contributed by atoms with Gasteiger partial charge < -0.3 is 5.32 Å². The van der Waals surface area contributed by atoms with Gasteiger partial charge in [-0.3, -0.25) is 4.98 Å². The fraction of sp³-hybridized carbons (Fsp3) is 0.143. The van der Waals surface area contributed by atoms with Crippen LogP contribution in [0, 0.1) is 0 Å². The highest BCUT2D eigenvalue weighted by atomic mass is 15.6. The van der Waals surface area contributed by atoms with E-state index in [4.69, 9.17) is 0 Å². The van der Waals surface area contributed by atoms with Crippen LogP contribution in [0.5, 0.6) is 0 Å². The minimum atomic E-state index is 0.609. The Morgan fingerprint density at radius 2 is 2.00 bits per heavy atom. The van der Waals surface area contributed by atoms with Gasteiger partial charge in [0.25, 0.3) is 0 Å². The molecule has 0 aliphatic carbocycles. The number of nitrogens with one attached hydrogen (secondary N) is 1. The molecule has 2 heterocycles. The molecule has 100 valence electrons. The molecule has 0 aliphatic heterocycles.